The van der Waals surface area contributed by atoms with Gasteiger partial charge >= 0.3 is 12.0 Å². The topological polar surface area (TPSA) is 87.5 Å². The molecule has 0 aliphatic carbocycles. The fourth-order valence-electron chi connectivity index (χ4n) is 1.26. The van der Waals surface area contributed by atoms with Crippen LogP contribution in [-0.4, -0.2) is 44.9 Å². The Morgan fingerprint density at radius 2 is 2.29 bits per heavy atom. The van der Waals surface area contributed by atoms with E-state index < -0.39 is 18.0 Å². The van der Waals surface area contributed by atoms with Crippen molar-refractivity contribution in [2.75, 3.05) is 7.05 Å². The minimum atomic E-state index is -1.06. The SMILES string of the molecule is CC(NC(=O)N(C)Cc1cnn(C)c1)C(=O)O. The van der Waals surface area contributed by atoms with E-state index in [2.05, 4.69) is 10.4 Å². The van der Waals surface area contributed by atoms with Crippen LogP contribution in [0.2, 0.25) is 0 Å². The molecule has 2 amide bonds. The Bertz CT molecular complexity index is 415. The fraction of sp³-hybridized carbons (Fsp3) is 0.500. The first-order valence-corrected chi connectivity index (χ1v) is 5.12. The second-order valence-electron chi connectivity index (χ2n) is 3.89. The lowest BCUT2D eigenvalue weighted by atomic mass is 10.3. The van der Waals surface area contributed by atoms with Crippen LogP contribution in [0.4, 0.5) is 4.79 Å². The third-order valence-corrected chi connectivity index (χ3v) is 2.24. The molecule has 7 heteroatoms. The average Bonchev–Trinajstić information content (AvgIpc) is 2.63. The number of carbonyl (C=O) groups is 2. The quantitative estimate of drug-likeness (QED) is 0.777. The summed E-state index contributed by atoms with van der Waals surface area (Å²) in [6.07, 6.45) is 3.45. The van der Waals surface area contributed by atoms with Gasteiger partial charge in [-0.15, -0.1) is 0 Å². The molecular weight excluding hydrogens is 224 g/mol. The Kier molecular flexibility index (Phi) is 4.08. The fourth-order valence-corrected chi connectivity index (χ4v) is 1.26. The molecule has 0 saturated heterocycles. The Balaban J connectivity index is 2.50. The third-order valence-electron chi connectivity index (χ3n) is 2.24. The van der Waals surface area contributed by atoms with Gasteiger partial charge in [-0.05, 0) is 6.92 Å². The molecule has 7 nitrogen and oxygen atoms in total. The van der Waals surface area contributed by atoms with Crippen LogP contribution < -0.4 is 5.32 Å². The number of carbonyl (C=O) groups excluding carboxylic acids is 1. The van der Waals surface area contributed by atoms with Gasteiger partial charge in [-0.3, -0.25) is 9.48 Å². The van der Waals surface area contributed by atoms with E-state index in [4.69, 9.17) is 5.11 Å². The van der Waals surface area contributed by atoms with Crippen LogP contribution in [-0.2, 0) is 18.4 Å². The molecule has 0 fully saturated rings. The maximum Gasteiger partial charge on any atom is 0.325 e. The van der Waals surface area contributed by atoms with E-state index >= 15 is 0 Å². The number of amides is 2. The zero-order chi connectivity index (χ0) is 13.0. The summed E-state index contributed by atoms with van der Waals surface area (Å²) in [5.74, 6) is -1.06. The highest BCUT2D eigenvalue weighted by Crippen LogP contribution is 2.01. The van der Waals surface area contributed by atoms with Crippen molar-refractivity contribution in [1.82, 2.24) is 20.0 Å². The molecule has 0 aliphatic rings. The van der Waals surface area contributed by atoms with Crippen LogP contribution in [0.3, 0.4) is 0 Å². The molecular formula is C10H16N4O3. The minimum Gasteiger partial charge on any atom is -0.480 e. The molecule has 1 atom stereocenters. The van der Waals surface area contributed by atoms with Crippen molar-refractivity contribution in [1.29, 1.82) is 0 Å². The molecule has 1 unspecified atom stereocenters. The van der Waals surface area contributed by atoms with Crippen LogP contribution in [0, 0.1) is 0 Å². The van der Waals surface area contributed by atoms with Crippen molar-refractivity contribution < 1.29 is 14.7 Å². The van der Waals surface area contributed by atoms with Crippen LogP contribution >= 0.6 is 0 Å². The highest BCUT2D eigenvalue weighted by molar-refractivity contribution is 5.82. The summed E-state index contributed by atoms with van der Waals surface area (Å²) in [7, 11) is 3.38. The van der Waals surface area contributed by atoms with Crippen molar-refractivity contribution >= 4 is 12.0 Å². The predicted molar refractivity (Wildman–Crippen MR) is 60.3 cm³/mol. The lowest BCUT2D eigenvalue weighted by molar-refractivity contribution is -0.138. The molecule has 0 bridgehead atoms. The van der Waals surface area contributed by atoms with Gasteiger partial charge in [-0.25, -0.2) is 4.79 Å². The van der Waals surface area contributed by atoms with Crippen molar-refractivity contribution in [2.45, 2.75) is 19.5 Å². The monoisotopic (exact) mass is 240 g/mol. The van der Waals surface area contributed by atoms with Crippen molar-refractivity contribution in [3.63, 3.8) is 0 Å². The average molecular weight is 240 g/mol. The maximum atomic E-state index is 11.6. The summed E-state index contributed by atoms with van der Waals surface area (Å²) in [6.45, 7) is 1.80. The maximum absolute atomic E-state index is 11.6. The van der Waals surface area contributed by atoms with E-state index in [1.165, 1.54) is 11.8 Å². The summed E-state index contributed by atoms with van der Waals surface area (Å²) < 4.78 is 1.64. The lowest BCUT2D eigenvalue weighted by Crippen LogP contribution is -2.44. The van der Waals surface area contributed by atoms with Crippen LogP contribution in [0.15, 0.2) is 12.4 Å². The smallest absolute Gasteiger partial charge is 0.325 e. The van der Waals surface area contributed by atoms with Gasteiger partial charge in [0.25, 0.3) is 0 Å². The lowest BCUT2D eigenvalue weighted by Gasteiger charge is -2.18. The summed E-state index contributed by atoms with van der Waals surface area (Å²) in [4.78, 5) is 23.6. The van der Waals surface area contributed by atoms with Gasteiger partial charge in [0.05, 0.1) is 12.7 Å². The van der Waals surface area contributed by atoms with E-state index in [9.17, 15) is 9.59 Å². The van der Waals surface area contributed by atoms with Crippen molar-refractivity contribution in [2.24, 2.45) is 7.05 Å². The van der Waals surface area contributed by atoms with Gasteiger partial charge in [-0.1, -0.05) is 0 Å². The Labute approximate surface area is 99.0 Å². The summed E-state index contributed by atoms with van der Waals surface area (Å²) in [5.41, 5.74) is 0.883. The van der Waals surface area contributed by atoms with Crippen LogP contribution in [0.5, 0.6) is 0 Å². The van der Waals surface area contributed by atoms with E-state index in [1.54, 1.807) is 31.2 Å². The van der Waals surface area contributed by atoms with Crippen LogP contribution in [0.25, 0.3) is 0 Å². The van der Waals surface area contributed by atoms with Gasteiger partial charge in [0.1, 0.15) is 6.04 Å². The number of aryl methyl sites for hydroxylation is 1. The molecule has 1 aromatic rings. The third kappa shape index (κ3) is 3.78. The number of carboxylic acids is 1. The normalized spacial score (nSPS) is 11.9. The molecule has 1 rings (SSSR count). The van der Waals surface area contributed by atoms with Gasteiger partial charge in [0.15, 0.2) is 0 Å². The number of aromatic nitrogens is 2. The Morgan fingerprint density at radius 1 is 1.65 bits per heavy atom. The number of rotatable bonds is 4. The number of carboxylic acid groups (broad SMARTS) is 1. The second-order valence-corrected chi connectivity index (χ2v) is 3.89. The van der Waals surface area contributed by atoms with Crippen molar-refractivity contribution in [3.8, 4) is 0 Å². The zero-order valence-corrected chi connectivity index (χ0v) is 10.0. The molecule has 0 spiro atoms. The number of hydrogen-bond acceptors (Lipinski definition) is 3. The highest BCUT2D eigenvalue weighted by atomic mass is 16.4. The Morgan fingerprint density at radius 3 is 2.76 bits per heavy atom. The first-order valence-electron chi connectivity index (χ1n) is 5.12. The molecule has 2 N–H and O–H groups in total. The zero-order valence-electron chi connectivity index (χ0n) is 10.0. The molecule has 0 aliphatic heterocycles. The molecule has 0 aromatic carbocycles. The molecule has 0 saturated carbocycles. The van der Waals surface area contributed by atoms with Gasteiger partial charge in [-0.2, -0.15) is 5.10 Å². The minimum absolute atomic E-state index is 0.381. The highest BCUT2D eigenvalue weighted by Gasteiger charge is 2.17. The molecule has 1 aromatic heterocycles. The second kappa shape index (κ2) is 5.33. The number of urea groups is 1. The summed E-state index contributed by atoms with van der Waals surface area (Å²) in [6, 6.07) is -1.33. The van der Waals surface area contributed by atoms with E-state index in [0.29, 0.717) is 6.54 Å². The van der Waals surface area contributed by atoms with Gasteiger partial charge in [0.2, 0.25) is 0 Å². The number of hydrogen-bond donors (Lipinski definition) is 2. The van der Waals surface area contributed by atoms with Gasteiger partial charge < -0.3 is 15.3 Å². The standard InChI is InChI=1S/C10H16N4O3/c1-7(9(15)16)12-10(17)13(2)5-8-4-11-14(3)6-8/h4,6-7H,5H2,1-3H3,(H,12,17)(H,15,16). The first kappa shape index (κ1) is 13.0. The number of aliphatic carboxylic acids is 1. The summed E-state index contributed by atoms with van der Waals surface area (Å²) in [5, 5.41) is 15.0. The largest absolute Gasteiger partial charge is 0.480 e. The van der Waals surface area contributed by atoms with Gasteiger partial charge in [0, 0.05) is 25.9 Å². The number of nitrogens with zero attached hydrogens (tertiary/aromatic N) is 3. The molecule has 1 heterocycles. The predicted octanol–water partition coefficient (Wildman–Crippen LogP) is 0.0346. The Hall–Kier alpha value is -2.05. The molecule has 94 valence electrons. The van der Waals surface area contributed by atoms with Crippen molar-refractivity contribution in [3.05, 3.63) is 18.0 Å². The summed E-state index contributed by atoms with van der Waals surface area (Å²) >= 11 is 0. The molecule has 0 radical (unpaired) electrons. The first-order chi connectivity index (χ1) is 7.90. The van der Waals surface area contributed by atoms with E-state index in [-0.39, 0.29) is 0 Å². The van der Waals surface area contributed by atoms with E-state index in [0.717, 1.165) is 5.56 Å². The van der Waals surface area contributed by atoms with Crippen LogP contribution in [0.1, 0.15) is 12.5 Å². The van der Waals surface area contributed by atoms with E-state index in [1.807, 2.05) is 0 Å². The number of nitrogens with one attached hydrogen (secondary N) is 1. The molecule has 17 heavy (non-hydrogen) atoms.